The maximum absolute atomic E-state index is 11.6. The number of ketones is 1. The van der Waals surface area contributed by atoms with Crippen LogP contribution in [0, 0.1) is 11.8 Å². The van der Waals surface area contributed by atoms with Crippen LogP contribution in [-0.2, 0) is 14.3 Å². The van der Waals surface area contributed by atoms with Gasteiger partial charge in [0.25, 0.3) is 0 Å². The van der Waals surface area contributed by atoms with E-state index in [1.165, 1.54) is 7.11 Å². The van der Waals surface area contributed by atoms with E-state index in [0.717, 1.165) is 24.8 Å². The second kappa shape index (κ2) is 5.21. The molecule has 94 valence electrons. The van der Waals surface area contributed by atoms with Crippen LogP contribution in [0.2, 0.25) is 0 Å². The Hall–Kier alpha value is -0.830. The highest BCUT2D eigenvalue weighted by atomic mass is 35.5. The number of Topliss-reactive ketones (excluding diaryl/α,β-unsaturated/α-hetero) is 1. The van der Waals surface area contributed by atoms with Gasteiger partial charge in [-0.15, -0.1) is 11.6 Å². The Bertz CT molecular complexity index is 362. The molecule has 0 aromatic carbocycles. The number of alkyl halides is 1. The van der Waals surface area contributed by atoms with Gasteiger partial charge in [0.05, 0.1) is 7.11 Å². The van der Waals surface area contributed by atoms with Crippen molar-refractivity contribution in [1.29, 1.82) is 0 Å². The zero-order valence-electron chi connectivity index (χ0n) is 9.95. The molecular formula is C13H17ClO3. The standard InChI is InChI=1S/C13H17ClO3/c1-17-13(16)12(14)10-6-5-8-3-2-4-9(15)7-11(8)10/h6,8,11-12H,2-5,7H2,1H3/t8-,11+,12?/m0/s1. The minimum absolute atomic E-state index is 0.159. The summed E-state index contributed by atoms with van der Waals surface area (Å²) in [6.07, 6.45) is 6.20. The second-order valence-corrected chi connectivity index (χ2v) is 5.26. The molecule has 2 aliphatic rings. The Morgan fingerprint density at radius 3 is 3.06 bits per heavy atom. The molecule has 3 atom stereocenters. The summed E-state index contributed by atoms with van der Waals surface area (Å²) in [6.45, 7) is 0. The van der Waals surface area contributed by atoms with Crippen LogP contribution in [0.4, 0.5) is 0 Å². The van der Waals surface area contributed by atoms with Crippen LogP contribution in [0.15, 0.2) is 11.6 Å². The van der Waals surface area contributed by atoms with Crippen LogP contribution in [0.3, 0.4) is 0 Å². The van der Waals surface area contributed by atoms with Gasteiger partial charge in [0.1, 0.15) is 5.78 Å². The molecule has 4 heteroatoms. The van der Waals surface area contributed by atoms with Gasteiger partial charge in [-0.25, -0.2) is 0 Å². The number of fused-ring (bicyclic) bond motifs is 1. The first kappa shape index (κ1) is 12.6. The summed E-state index contributed by atoms with van der Waals surface area (Å²) in [5.74, 6) is 0.517. The van der Waals surface area contributed by atoms with E-state index in [9.17, 15) is 9.59 Å². The maximum atomic E-state index is 11.6. The van der Waals surface area contributed by atoms with E-state index in [0.29, 0.717) is 24.5 Å². The minimum atomic E-state index is -0.721. The Labute approximate surface area is 106 Å². The first-order valence-electron chi connectivity index (χ1n) is 6.07. The van der Waals surface area contributed by atoms with Gasteiger partial charge in [-0.1, -0.05) is 6.08 Å². The monoisotopic (exact) mass is 256 g/mol. The lowest BCUT2D eigenvalue weighted by Crippen LogP contribution is -2.24. The van der Waals surface area contributed by atoms with Crippen LogP contribution in [0.5, 0.6) is 0 Å². The third-order valence-electron chi connectivity index (χ3n) is 3.83. The fraction of sp³-hybridized carbons (Fsp3) is 0.692. The largest absolute Gasteiger partial charge is 0.468 e. The van der Waals surface area contributed by atoms with Crippen molar-refractivity contribution >= 4 is 23.4 Å². The molecule has 0 aromatic heterocycles. The van der Waals surface area contributed by atoms with Crippen molar-refractivity contribution in [2.45, 2.75) is 37.5 Å². The van der Waals surface area contributed by atoms with Gasteiger partial charge in [0.15, 0.2) is 5.38 Å². The lowest BCUT2D eigenvalue weighted by molar-refractivity contribution is -0.139. The van der Waals surface area contributed by atoms with Gasteiger partial charge in [-0.2, -0.15) is 0 Å². The van der Waals surface area contributed by atoms with Crippen LogP contribution < -0.4 is 0 Å². The number of ether oxygens (including phenoxy) is 1. The molecule has 0 aromatic rings. The number of esters is 1. The number of carbonyl (C=O) groups excluding carboxylic acids is 2. The van der Waals surface area contributed by atoms with Crippen molar-refractivity contribution in [1.82, 2.24) is 0 Å². The lowest BCUT2D eigenvalue weighted by atomic mass is 9.85. The number of allylic oxidation sites excluding steroid dienone is 1. The molecule has 0 amide bonds. The van der Waals surface area contributed by atoms with Gasteiger partial charge < -0.3 is 4.74 Å². The number of rotatable bonds is 2. The quantitative estimate of drug-likeness (QED) is 0.433. The Balaban J connectivity index is 2.13. The minimum Gasteiger partial charge on any atom is -0.468 e. The van der Waals surface area contributed by atoms with Gasteiger partial charge in [-0.05, 0) is 36.7 Å². The lowest BCUT2D eigenvalue weighted by Gasteiger charge is -2.21. The third kappa shape index (κ3) is 2.54. The van der Waals surface area contributed by atoms with Gasteiger partial charge in [0, 0.05) is 12.8 Å². The average molecular weight is 257 g/mol. The molecule has 0 N–H and O–H groups in total. The van der Waals surface area contributed by atoms with Crippen LogP contribution in [0.1, 0.15) is 32.1 Å². The summed E-state index contributed by atoms with van der Waals surface area (Å²) in [7, 11) is 1.34. The van der Waals surface area contributed by atoms with Crippen molar-refractivity contribution in [3.8, 4) is 0 Å². The predicted molar refractivity (Wildman–Crippen MR) is 64.8 cm³/mol. The molecule has 2 aliphatic carbocycles. The van der Waals surface area contributed by atoms with Crippen molar-refractivity contribution in [3.05, 3.63) is 11.6 Å². The molecule has 1 saturated carbocycles. The summed E-state index contributed by atoms with van der Waals surface area (Å²) in [5.41, 5.74) is 0.902. The molecular weight excluding hydrogens is 240 g/mol. The van der Waals surface area contributed by atoms with E-state index < -0.39 is 11.3 Å². The van der Waals surface area contributed by atoms with Crippen LogP contribution >= 0.6 is 11.6 Å². The molecule has 0 spiro atoms. The molecule has 2 rings (SSSR count). The molecule has 0 heterocycles. The fourth-order valence-electron chi connectivity index (χ4n) is 2.92. The number of hydrogen-bond donors (Lipinski definition) is 0. The average Bonchev–Trinajstić information content (AvgIpc) is 2.61. The predicted octanol–water partition coefficient (Wildman–Crippen LogP) is 2.47. The summed E-state index contributed by atoms with van der Waals surface area (Å²) in [4.78, 5) is 23.1. The topological polar surface area (TPSA) is 43.4 Å². The highest BCUT2D eigenvalue weighted by Gasteiger charge is 2.38. The van der Waals surface area contributed by atoms with Crippen LogP contribution in [-0.4, -0.2) is 24.2 Å². The fourth-order valence-corrected chi connectivity index (χ4v) is 3.26. The number of carbonyl (C=O) groups is 2. The van der Waals surface area contributed by atoms with Crippen molar-refractivity contribution < 1.29 is 14.3 Å². The second-order valence-electron chi connectivity index (χ2n) is 4.83. The molecule has 0 bridgehead atoms. The molecule has 1 unspecified atom stereocenters. The molecule has 0 radical (unpaired) electrons. The van der Waals surface area contributed by atoms with Gasteiger partial charge in [-0.3, -0.25) is 9.59 Å². The number of methoxy groups -OCH3 is 1. The first-order valence-corrected chi connectivity index (χ1v) is 6.50. The highest BCUT2D eigenvalue weighted by molar-refractivity contribution is 6.32. The Kier molecular flexibility index (Phi) is 3.87. The van der Waals surface area contributed by atoms with E-state index >= 15 is 0 Å². The summed E-state index contributed by atoms with van der Waals surface area (Å²) >= 11 is 6.10. The molecule has 0 aliphatic heterocycles. The van der Waals surface area contributed by atoms with Crippen LogP contribution in [0.25, 0.3) is 0 Å². The third-order valence-corrected chi connectivity index (χ3v) is 4.26. The zero-order chi connectivity index (χ0) is 12.4. The van der Waals surface area contributed by atoms with Crippen molar-refractivity contribution in [2.24, 2.45) is 11.8 Å². The Morgan fingerprint density at radius 1 is 1.59 bits per heavy atom. The van der Waals surface area contributed by atoms with E-state index in [1.54, 1.807) is 0 Å². The normalized spacial score (nSPS) is 30.2. The maximum Gasteiger partial charge on any atom is 0.328 e. The highest BCUT2D eigenvalue weighted by Crippen LogP contribution is 2.42. The SMILES string of the molecule is COC(=O)C(Cl)C1=CC[C@@H]2CCCC(=O)C[C@@H]12. The summed E-state index contributed by atoms with van der Waals surface area (Å²) in [5, 5.41) is -0.721. The van der Waals surface area contributed by atoms with E-state index in [2.05, 4.69) is 4.74 Å². The van der Waals surface area contributed by atoms with Crippen molar-refractivity contribution in [3.63, 3.8) is 0 Å². The molecule has 0 saturated heterocycles. The van der Waals surface area contributed by atoms with Crippen molar-refractivity contribution in [2.75, 3.05) is 7.11 Å². The van der Waals surface area contributed by atoms with E-state index in [4.69, 9.17) is 11.6 Å². The summed E-state index contributed by atoms with van der Waals surface area (Å²) in [6, 6.07) is 0. The summed E-state index contributed by atoms with van der Waals surface area (Å²) < 4.78 is 4.67. The number of halogens is 1. The van der Waals surface area contributed by atoms with E-state index in [-0.39, 0.29) is 5.92 Å². The van der Waals surface area contributed by atoms with Gasteiger partial charge >= 0.3 is 5.97 Å². The smallest absolute Gasteiger partial charge is 0.328 e. The molecule has 3 nitrogen and oxygen atoms in total. The number of hydrogen-bond acceptors (Lipinski definition) is 3. The molecule has 1 fully saturated rings. The zero-order valence-corrected chi connectivity index (χ0v) is 10.7. The van der Waals surface area contributed by atoms with E-state index in [1.807, 2.05) is 6.08 Å². The molecule has 17 heavy (non-hydrogen) atoms. The van der Waals surface area contributed by atoms with Gasteiger partial charge in [0.2, 0.25) is 0 Å². The first-order chi connectivity index (χ1) is 8.13. The Morgan fingerprint density at radius 2 is 2.35 bits per heavy atom.